The van der Waals surface area contributed by atoms with E-state index in [4.69, 9.17) is 10.2 Å². The maximum absolute atomic E-state index is 13.3. The van der Waals surface area contributed by atoms with Crippen molar-refractivity contribution in [3.63, 3.8) is 0 Å². The number of aryl methyl sites for hydroxylation is 1. The Morgan fingerprint density at radius 3 is 2.64 bits per heavy atom. The van der Waals surface area contributed by atoms with Gasteiger partial charge in [0.1, 0.15) is 11.4 Å². The number of primary amides is 1. The lowest BCUT2D eigenvalue weighted by Crippen LogP contribution is -2.41. The van der Waals surface area contributed by atoms with E-state index in [9.17, 15) is 14.0 Å². The fraction of sp³-hybridized carbons (Fsp3) is 0.375. The first-order valence-electron chi connectivity index (χ1n) is 7.24. The molecule has 0 radical (unpaired) electrons. The molecular weight excluding hydrogens is 287 g/mol. The number of piperidine rings is 1. The highest BCUT2D eigenvalue weighted by molar-refractivity contribution is 5.99. The number of carbonyl (C=O) groups excluding carboxylic acids is 2. The van der Waals surface area contributed by atoms with Crippen LogP contribution in [0.25, 0.3) is 11.0 Å². The zero-order valence-electron chi connectivity index (χ0n) is 12.3. The lowest BCUT2D eigenvalue weighted by atomic mass is 9.96. The van der Waals surface area contributed by atoms with Gasteiger partial charge in [-0.3, -0.25) is 9.59 Å². The molecule has 1 aliphatic rings. The summed E-state index contributed by atoms with van der Waals surface area (Å²) in [6.45, 7) is 2.68. The third kappa shape index (κ3) is 2.45. The number of rotatable bonds is 2. The smallest absolute Gasteiger partial charge is 0.289 e. The van der Waals surface area contributed by atoms with Crippen LogP contribution in [0.4, 0.5) is 4.39 Å². The van der Waals surface area contributed by atoms with E-state index in [1.54, 1.807) is 11.8 Å². The van der Waals surface area contributed by atoms with Gasteiger partial charge < -0.3 is 15.1 Å². The van der Waals surface area contributed by atoms with Crippen molar-refractivity contribution in [2.75, 3.05) is 13.1 Å². The summed E-state index contributed by atoms with van der Waals surface area (Å²) in [7, 11) is 0. The topological polar surface area (TPSA) is 76.5 Å². The molecule has 1 fully saturated rings. The maximum atomic E-state index is 13.3. The first-order valence-corrected chi connectivity index (χ1v) is 7.24. The highest BCUT2D eigenvalue weighted by atomic mass is 19.1. The van der Waals surface area contributed by atoms with Crippen LogP contribution < -0.4 is 5.73 Å². The van der Waals surface area contributed by atoms with Gasteiger partial charge in [-0.05, 0) is 38.0 Å². The van der Waals surface area contributed by atoms with Gasteiger partial charge in [-0.2, -0.15) is 0 Å². The van der Waals surface area contributed by atoms with Gasteiger partial charge in [0.2, 0.25) is 5.91 Å². The summed E-state index contributed by atoms with van der Waals surface area (Å²) in [4.78, 5) is 25.4. The normalized spacial score (nSPS) is 16.2. The van der Waals surface area contributed by atoms with Crippen LogP contribution in [-0.4, -0.2) is 29.8 Å². The second-order valence-corrected chi connectivity index (χ2v) is 5.67. The van der Waals surface area contributed by atoms with E-state index in [-0.39, 0.29) is 29.3 Å². The quantitative estimate of drug-likeness (QED) is 0.924. The van der Waals surface area contributed by atoms with Gasteiger partial charge in [0.15, 0.2) is 5.76 Å². The van der Waals surface area contributed by atoms with Crippen molar-refractivity contribution < 1.29 is 18.4 Å². The molecule has 0 spiro atoms. The van der Waals surface area contributed by atoms with E-state index in [0.29, 0.717) is 42.5 Å². The maximum Gasteiger partial charge on any atom is 0.289 e. The molecule has 0 unspecified atom stereocenters. The summed E-state index contributed by atoms with van der Waals surface area (Å²) in [6.07, 6.45) is 1.13. The molecule has 116 valence electrons. The number of likely N-dealkylation sites (tertiary alicyclic amines) is 1. The minimum Gasteiger partial charge on any atom is -0.451 e. The fourth-order valence-corrected chi connectivity index (χ4v) is 2.91. The summed E-state index contributed by atoms with van der Waals surface area (Å²) in [5.41, 5.74) is 6.42. The first-order chi connectivity index (χ1) is 10.5. The first kappa shape index (κ1) is 14.6. The number of hydrogen-bond donors (Lipinski definition) is 1. The van der Waals surface area contributed by atoms with Crippen LogP contribution in [0.15, 0.2) is 22.6 Å². The summed E-state index contributed by atoms with van der Waals surface area (Å²) >= 11 is 0. The third-order valence-electron chi connectivity index (χ3n) is 4.28. The number of amides is 2. The lowest BCUT2D eigenvalue weighted by Gasteiger charge is -2.30. The van der Waals surface area contributed by atoms with Crippen molar-refractivity contribution >= 4 is 22.8 Å². The van der Waals surface area contributed by atoms with Crippen molar-refractivity contribution in [2.24, 2.45) is 11.7 Å². The largest absolute Gasteiger partial charge is 0.451 e. The highest BCUT2D eigenvalue weighted by Gasteiger charge is 2.29. The van der Waals surface area contributed by atoms with Crippen LogP contribution >= 0.6 is 0 Å². The number of benzene rings is 1. The number of nitrogens with two attached hydrogens (primary N) is 1. The zero-order chi connectivity index (χ0) is 15.9. The molecule has 6 heteroatoms. The summed E-state index contributed by atoms with van der Waals surface area (Å²) < 4.78 is 18.9. The predicted molar refractivity (Wildman–Crippen MR) is 78.7 cm³/mol. The lowest BCUT2D eigenvalue weighted by molar-refractivity contribution is -0.123. The van der Waals surface area contributed by atoms with Crippen LogP contribution in [0, 0.1) is 18.7 Å². The highest BCUT2D eigenvalue weighted by Crippen LogP contribution is 2.28. The second-order valence-electron chi connectivity index (χ2n) is 5.67. The SMILES string of the molecule is Cc1c(C(=O)N2CCC(C(N)=O)CC2)oc2ccc(F)cc12. The Labute approximate surface area is 126 Å². The van der Waals surface area contributed by atoms with E-state index in [1.165, 1.54) is 18.2 Å². The Hall–Kier alpha value is -2.37. The molecule has 0 aliphatic carbocycles. The van der Waals surface area contributed by atoms with Crippen LogP contribution in [0.5, 0.6) is 0 Å². The summed E-state index contributed by atoms with van der Waals surface area (Å²) in [6, 6.07) is 4.19. The van der Waals surface area contributed by atoms with E-state index in [2.05, 4.69) is 0 Å². The monoisotopic (exact) mass is 304 g/mol. The number of halogens is 1. The van der Waals surface area contributed by atoms with Crippen molar-refractivity contribution in [1.82, 2.24) is 4.90 Å². The summed E-state index contributed by atoms with van der Waals surface area (Å²) in [5, 5.41) is 0.607. The molecule has 0 bridgehead atoms. The molecule has 3 rings (SSSR count). The molecule has 1 aromatic heterocycles. The van der Waals surface area contributed by atoms with Crippen molar-refractivity contribution in [3.05, 3.63) is 35.3 Å². The van der Waals surface area contributed by atoms with Crippen LogP contribution in [0.2, 0.25) is 0 Å². The molecule has 1 aromatic carbocycles. The average molecular weight is 304 g/mol. The molecule has 2 heterocycles. The Morgan fingerprint density at radius 1 is 1.32 bits per heavy atom. The molecule has 5 nitrogen and oxygen atoms in total. The Balaban J connectivity index is 1.84. The van der Waals surface area contributed by atoms with Crippen molar-refractivity contribution in [1.29, 1.82) is 0 Å². The molecule has 0 atom stereocenters. The average Bonchev–Trinajstić information content (AvgIpc) is 2.83. The van der Waals surface area contributed by atoms with Crippen LogP contribution in [0.1, 0.15) is 29.0 Å². The molecule has 2 amide bonds. The minimum absolute atomic E-state index is 0.171. The number of hydrogen-bond acceptors (Lipinski definition) is 3. The van der Waals surface area contributed by atoms with Crippen molar-refractivity contribution in [3.8, 4) is 0 Å². The van der Waals surface area contributed by atoms with E-state index >= 15 is 0 Å². The Morgan fingerprint density at radius 2 is 2.00 bits per heavy atom. The van der Waals surface area contributed by atoms with E-state index < -0.39 is 0 Å². The second kappa shape index (κ2) is 5.44. The van der Waals surface area contributed by atoms with Gasteiger partial charge >= 0.3 is 0 Å². The number of furan rings is 1. The number of fused-ring (bicyclic) bond motifs is 1. The fourth-order valence-electron chi connectivity index (χ4n) is 2.91. The van der Waals surface area contributed by atoms with Crippen LogP contribution in [0.3, 0.4) is 0 Å². The molecule has 22 heavy (non-hydrogen) atoms. The van der Waals surface area contributed by atoms with Gasteiger partial charge in [0.25, 0.3) is 5.91 Å². The van der Waals surface area contributed by atoms with Crippen molar-refractivity contribution in [2.45, 2.75) is 19.8 Å². The molecule has 1 aliphatic heterocycles. The molecular formula is C16H17FN2O3. The molecule has 0 saturated carbocycles. The Bertz CT molecular complexity index is 745. The number of carbonyl (C=O) groups is 2. The van der Waals surface area contributed by atoms with Gasteiger partial charge in [0, 0.05) is 30.0 Å². The zero-order valence-corrected chi connectivity index (χ0v) is 12.3. The molecule has 2 aromatic rings. The minimum atomic E-state index is -0.363. The van der Waals surface area contributed by atoms with E-state index in [1.807, 2.05) is 0 Å². The van der Waals surface area contributed by atoms with Gasteiger partial charge in [-0.25, -0.2) is 4.39 Å². The summed E-state index contributed by atoms with van der Waals surface area (Å²) in [5.74, 6) is -0.842. The van der Waals surface area contributed by atoms with Gasteiger partial charge in [-0.1, -0.05) is 0 Å². The molecule has 2 N–H and O–H groups in total. The van der Waals surface area contributed by atoms with E-state index in [0.717, 1.165) is 0 Å². The number of nitrogens with zero attached hydrogens (tertiary/aromatic N) is 1. The van der Waals surface area contributed by atoms with Gasteiger partial charge in [0.05, 0.1) is 0 Å². The predicted octanol–water partition coefficient (Wildman–Crippen LogP) is 2.22. The standard InChI is InChI=1S/C16H17FN2O3/c1-9-12-8-11(17)2-3-13(12)22-14(9)16(21)19-6-4-10(5-7-19)15(18)20/h2-3,8,10H,4-7H2,1H3,(H2,18,20). The van der Waals surface area contributed by atoms with Gasteiger partial charge in [-0.15, -0.1) is 0 Å². The molecule has 1 saturated heterocycles. The third-order valence-corrected chi connectivity index (χ3v) is 4.28. The van der Waals surface area contributed by atoms with Crippen LogP contribution in [-0.2, 0) is 4.79 Å². The Kier molecular flexibility index (Phi) is 3.60.